The first-order chi connectivity index (χ1) is 9.02. The van der Waals surface area contributed by atoms with E-state index >= 15 is 0 Å². The maximum atomic E-state index is 13.7. The third kappa shape index (κ3) is 3.30. The smallest absolute Gasteiger partial charge is 0.165 e. The fourth-order valence-corrected chi connectivity index (χ4v) is 2.79. The Morgan fingerprint density at radius 3 is 2.37 bits per heavy atom. The van der Waals surface area contributed by atoms with Crippen molar-refractivity contribution in [1.82, 2.24) is 0 Å². The molecule has 5 heteroatoms. The third-order valence-corrected chi connectivity index (χ3v) is 4.98. The minimum atomic E-state index is -0.377. The van der Waals surface area contributed by atoms with E-state index < -0.39 is 0 Å². The van der Waals surface area contributed by atoms with Crippen molar-refractivity contribution in [3.63, 3.8) is 0 Å². The second kappa shape index (κ2) is 6.25. The third-order valence-electron chi connectivity index (χ3n) is 2.70. The summed E-state index contributed by atoms with van der Waals surface area (Å²) in [4.78, 5) is -0.110. The predicted octanol–water partition coefficient (Wildman–Crippen LogP) is 5.73. The number of methoxy groups -OCH3 is 1. The number of ether oxygens (including phenoxy) is 1. The number of halogens is 4. The van der Waals surface area contributed by atoms with Crippen LogP contribution < -0.4 is 4.74 Å². The van der Waals surface area contributed by atoms with Crippen LogP contribution >= 0.6 is 43.5 Å². The molecule has 0 aliphatic carbocycles. The van der Waals surface area contributed by atoms with Gasteiger partial charge in [-0.15, -0.1) is 0 Å². The summed E-state index contributed by atoms with van der Waals surface area (Å²) in [6.45, 7) is 0. The van der Waals surface area contributed by atoms with Crippen LogP contribution in [0.5, 0.6) is 5.75 Å². The molecular weight excluding hydrogens is 398 g/mol. The second-order valence-electron chi connectivity index (χ2n) is 3.93. The van der Waals surface area contributed by atoms with Gasteiger partial charge in [0, 0.05) is 4.47 Å². The number of alkyl halides is 1. The molecule has 0 N–H and O–H groups in total. The molecular formula is C14H10Br2ClFO. The van der Waals surface area contributed by atoms with Crippen LogP contribution in [0.25, 0.3) is 0 Å². The molecule has 1 nitrogen and oxygen atoms in total. The standard InChI is InChI=1S/C14H10Br2ClFO/c1-19-13-5-3-9(7-12(13)18)14(16)8-2-4-11(17)10(15)6-8/h2-7,14H,1H3. The van der Waals surface area contributed by atoms with E-state index in [1.807, 2.05) is 18.2 Å². The Balaban J connectivity index is 2.35. The van der Waals surface area contributed by atoms with Gasteiger partial charge in [0.2, 0.25) is 0 Å². The number of hydrogen-bond donors (Lipinski definition) is 0. The minimum absolute atomic E-state index is 0.110. The van der Waals surface area contributed by atoms with E-state index in [1.165, 1.54) is 13.2 Å². The molecule has 0 aliphatic rings. The summed E-state index contributed by atoms with van der Waals surface area (Å²) in [6, 6.07) is 10.5. The second-order valence-corrected chi connectivity index (χ2v) is 6.11. The topological polar surface area (TPSA) is 9.23 Å². The predicted molar refractivity (Wildman–Crippen MR) is 82.9 cm³/mol. The summed E-state index contributed by atoms with van der Waals surface area (Å²) in [5.41, 5.74) is 1.80. The van der Waals surface area contributed by atoms with Gasteiger partial charge >= 0.3 is 0 Å². The van der Waals surface area contributed by atoms with Gasteiger partial charge in [-0.05, 0) is 51.3 Å². The molecule has 0 saturated heterocycles. The molecule has 100 valence electrons. The number of rotatable bonds is 3. The van der Waals surface area contributed by atoms with E-state index in [0.717, 1.165) is 15.6 Å². The van der Waals surface area contributed by atoms with Gasteiger partial charge in [0.15, 0.2) is 11.6 Å². The van der Waals surface area contributed by atoms with Crippen molar-refractivity contribution in [1.29, 1.82) is 0 Å². The van der Waals surface area contributed by atoms with Crippen LogP contribution in [0.4, 0.5) is 4.39 Å². The lowest BCUT2D eigenvalue weighted by molar-refractivity contribution is 0.386. The molecule has 0 fully saturated rings. The molecule has 2 rings (SSSR count). The Bertz CT molecular complexity index is 604. The fourth-order valence-electron chi connectivity index (χ4n) is 1.70. The average molecular weight is 408 g/mol. The van der Waals surface area contributed by atoms with E-state index in [1.54, 1.807) is 12.1 Å². The summed E-state index contributed by atoms with van der Waals surface area (Å²) in [6.07, 6.45) is 0. The lowest BCUT2D eigenvalue weighted by Crippen LogP contribution is -1.96. The number of hydrogen-bond acceptors (Lipinski definition) is 1. The van der Waals surface area contributed by atoms with Crippen LogP contribution in [0.15, 0.2) is 40.9 Å². The monoisotopic (exact) mass is 406 g/mol. The Morgan fingerprint density at radius 2 is 1.79 bits per heavy atom. The van der Waals surface area contributed by atoms with Crippen LogP contribution in [0.1, 0.15) is 16.0 Å². The van der Waals surface area contributed by atoms with E-state index in [4.69, 9.17) is 16.3 Å². The first kappa shape index (κ1) is 14.8. The summed E-state index contributed by atoms with van der Waals surface area (Å²) in [5, 5.41) is 0.643. The van der Waals surface area contributed by atoms with E-state index in [-0.39, 0.29) is 16.4 Å². The van der Waals surface area contributed by atoms with E-state index in [2.05, 4.69) is 31.9 Å². The average Bonchev–Trinajstić information content (AvgIpc) is 2.41. The van der Waals surface area contributed by atoms with Crippen molar-refractivity contribution in [2.24, 2.45) is 0 Å². The maximum absolute atomic E-state index is 13.7. The molecule has 0 heterocycles. The molecule has 19 heavy (non-hydrogen) atoms. The van der Waals surface area contributed by atoms with Gasteiger partial charge < -0.3 is 4.74 Å². The molecule has 0 bridgehead atoms. The van der Waals surface area contributed by atoms with Gasteiger partial charge in [-0.25, -0.2) is 4.39 Å². The zero-order valence-corrected chi connectivity index (χ0v) is 13.9. The largest absolute Gasteiger partial charge is 0.494 e. The first-order valence-corrected chi connectivity index (χ1v) is 7.54. The molecule has 0 aliphatic heterocycles. The van der Waals surface area contributed by atoms with Crippen molar-refractivity contribution in [3.05, 3.63) is 62.8 Å². The van der Waals surface area contributed by atoms with Crippen molar-refractivity contribution in [2.45, 2.75) is 4.83 Å². The molecule has 0 saturated carbocycles. The maximum Gasteiger partial charge on any atom is 0.165 e. The highest BCUT2D eigenvalue weighted by Gasteiger charge is 2.14. The Morgan fingerprint density at radius 1 is 1.16 bits per heavy atom. The normalized spacial score (nSPS) is 12.3. The van der Waals surface area contributed by atoms with Gasteiger partial charge in [0.25, 0.3) is 0 Å². The first-order valence-electron chi connectivity index (χ1n) is 5.45. The Labute approximate surface area is 133 Å². The molecule has 0 spiro atoms. The molecule has 2 aromatic rings. The van der Waals surface area contributed by atoms with Gasteiger partial charge in [-0.2, -0.15) is 0 Å². The zero-order valence-electron chi connectivity index (χ0n) is 9.96. The van der Waals surface area contributed by atoms with E-state index in [0.29, 0.717) is 5.02 Å². The van der Waals surface area contributed by atoms with Gasteiger partial charge in [0.05, 0.1) is 17.0 Å². The SMILES string of the molecule is COc1ccc(C(Br)c2ccc(Cl)c(Br)c2)cc1F. The van der Waals surface area contributed by atoms with E-state index in [9.17, 15) is 4.39 Å². The van der Waals surface area contributed by atoms with Crippen LogP contribution in [0.2, 0.25) is 5.02 Å². The van der Waals surface area contributed by atoms with Crippen LogP contribution in [-0.4, -0.2) is 7.11 Å². The summed E-state index contributed by atoms with van der Waals surface area (Å²) in [7, 11) is 1.44. The molecule has 0 radical (unpaired) electrons. The Kier molecular flexibility index (Phi) is 4.87. The van der Waals surface area contributed by atoms with Crippen molar-refractivity contribution in [2.75, 3.05) is 7.11 Å². The Hall–Kier alpha value is -0.580. The number of benzene rings is 2. The van der Waals surface area contributed by atoms with Crippen LogP contribution in [0, 0.1) is 5.82 Å². The molecule has 0 aromatic heterocycles. The lowest BCUT2D eigenvalue weighted by Gasteiger charge is -2.13. The fraction of sp³-hybridized carbons (Fsp3) is 0.143. The lowest BCUT2D eigenvalue weighted by atomic mass is 10.0. The van der Waals surface area contributed by atoms with Gasteiger partial charge in [-0.3, -0.25) is 0 Å². The summed E-state index contributed by atoms with van der Waals surface area (Å²) in [5.74, 6) is -0.141. The molecule has 1 unspecified atom stereocenters. The minimum Gasteiger partial charge on any atom is -0.494 e. The highest BCUT2D eigenvalue weighted by molar-refractivity contribution is 9.10. The summed E-state index contributed by atoms with van der Waals surface area (Å²) >= 11 is 12.9. The quantitative estimate of drug-likeness (QED) is 0.589. The molecule has 0 amide bonds. The van der Waals surface area contributed by atoms with Crippen molar-refractivity contribution in [3.8, 4) is 5.75 Å². The van der Waals surface area contributed by atoms with Gasteiger partial charge in [0.1, 0.15) is 0 Å². The van der Waals surface area contributed by atoms with Crippen LogP contribution in [-0.2, 0) is 0 Å². The van der Waals surface area contributed by atoms with Crippen molar-refractivity contribution >= 4 is 43.5 Å². The van der Waals surface area contributed by atoms with Gasteiger partial charge in [-0.1, -0.05) is 39.7 Å². The highest BCUT2D eigenvalue weighted by Crippen LogP contribution is 2.35. The highest BCUT2D eigenvalue weighted by atomic mass is 79.9. The summed E-state index contributed by atoms with van der Waals surface area (Å²) < 4.78 is 19.4. The van der Waals surface area contributed by atoms with Crippen LogP contribution in [0.3, 0.4) is 0 Å². The molecule has 2 aromatic carbocycles. The zero-order chi connectivity index (χ0) is 14.0. The van der Waals surface area contributed by atoms with Crippen molar-refractivity contribution < 1.29 is 9.13 Å². The molecule has 1 atom stereocenters.